The zero-order valence-corrected chi connectivity index (χ0v) is 9.76. The number of benzene rings is 1. The summed E-state index contributed by atoms with van der Waals surface area (Å²) in [5, 5.41) is 11.1. The van der Waals surface area contributed by atoms with Crippen molar-refractivity contribution in [1.82, 2.24) is 5.43 Å². The van der Waals surface area contributed by atoms with E-state index in [1.54, 1.807) is 12.1 Å². The van der Waals surface area contributed by atoms with Gasteiger partial charge in [-0.25, -0.2) is 5.84 Å². The van der Waals surface area contributed by atoms with Gasteiger partial charge >= 0.3 is 0 Å². The summed E-state index contributed by atoms with van der Waals surface area (Å²) in [4.78, 5) is 23.9. The molecule has 0 radical (unpaired) electrons. The normalized spacial score (nSPS) is 14.6. The summed E-state index contributed by atoms with van der Waals surface area (Å²) in [5.74, 6) is 4.47. The van der Waals surface area contributed by atoms with Crippen LogP contribution in [0.1, 0.15) is 23.2 Å². The highest BCUT2D eigenvalue weighted by Crippen LogP contribution is 2.31. The lowest BCUT2D eigenvalue weighted by Gasteiger charge is -2.17. The van der Waals surface area contributed by atoms with E-state index in [1.165, 1.54) is 6.07 Å². The van der Waals surface area contributed by atoms with Gasteiger partial charge in [-0.05, 0) is 25.0 Å². The van der Waals surface area contributed by atoms with E-state index in [9.17, 15) is 14.9 Å². The first kappa shape index (κ1) is 12.3. The van der Waals surface area contributed by atoms with Crippen LogP contribution in [0.25, 0.3) is 0 Å². The van der Waals surface area contributed by atoms with E-state index < -0.39 is 10.8 Å². The predicted molar refractivity (Wildman–Crippen MR) is 66.2 cm³/mol. The molecule has 2 rings (SSSR count). The second-order valence-corrected chi connectivity index (χ2v) is 4.13. The zero-order chi connectivity index (χ0) is 13.1. The topological polar surface area (TPSA) is 102 Å². The maximum Gasteiger partial charge on any atom is 0.293 e. The van der Waals surface area contributed by atoms with E-state index in [-0.39, 0.29) is 11.3 Å². The van der Waals surface area contributed by atoms with E-state index in [0.717, 1.165) is 25.9 Å². The molecule has 18 heavy (non-hydrogen) atoms. The molecule has 1 saturated heterocycles. The number of amides is 1. The van der Waals surface area contributed by atoms with Crippen molar-refractivity contribution in [2.24, 2.45) is 5.84 Å². The lowest BCUT2D eigenvalue weighted by Crippen LogP contribution is -2.30. The van der Waals surface area contributed by atoms with Gasteiger partial charge in [0.2, 0.25) is 0 Å². The van der Waals surface area contributed by atoms with Crippen molar-refractivity contribution < 1.29 is 9.72 Å². The molecule has 1 aromatic rings. The quantitative estimate of drug-likeness (QED) is 0.357. The highest BCUT2D eigenvalue weighted by Gasteiger charge is 2.23. The monoisotopic (exact) mass is 250 g/mol. The van der Waals surface area contributed by atoms with Gasteiger partial charge in [0.15, 0.2) is 0 Å². The summed E-state index contributed by atoms with van der Waals surface area (Å²) in [5.41, 5.74) is 2.65. The Bertz CT molecular complexity index is 483. The van der Waals surface area contributed by atoms with Gasteiger partial charge in [-0.15, -0.1) is 0 Å². The van der Waals surface area contributed by atoms with Gasteiger partial charge in [0.25, 0.3) is 11.6 Å². The van der Waals surface area contributed by atoms with Crippen LogP contribution in [0, 0.1) is 10.1 Å². The first-order valence-electron chi connectivity index (χ1n) is 5.68. The van der Waals surface area contributed by atoms with Crippen molar-refractivity contribution in [2.75, 3.05) is 18.0 Å². The number of rotatable bonds is 3. The van der Waals surface area contributed by atoms with Gasteiger partial charge in [0, 0.05) is 24.7 Å². The van der Waals surface area contributed by atoms with Crippen LogP contribution in [0.2, 0.25) is 0 Å². The molecule has 0 atom stereocenters. The summed E-state index contributed by atoms with van der Waals surface area (Å²) in [6.07, 6.45) is 2.06. The lowest BCUT2D eigenvalue weighted by atomic mass is 10.1. The molecule has 1 heterocycles. The first-order valence-corrected chi connectivity index (χ1v) is 5.68. The predicted octanol–water partition coefficient (Wildman–Crippen LogP) is 0.798. The maximum absolute atomic E-state index is 11.3. The number of nitrogens with zero attached hydrogens (tertiary/aromatic N) is 2. The van der Waals surface area contributed by atoms with Crippen LogP contribution in [0.5, 0.6) is 0 Å². The Morgan fingerprint density at radius 3 is 2.61 bits per heavy atom. The number of nitrogen functional groups attached to an aromatic ring is 1. The summed E-state index contributed by atoms with van der Waals surface area (Å²) in [6, 6.07) is 4.41. The SMILES string of the molecule is NNC(=O)c1ccc(N2CCCC2)c([N+](=O)[O-])c1. The molecule has 3 N–H and O–H groups in total. The molecule has 0 unspecified atom stereocenters. The van der Waals surface area contributed by atoms with Gasteiger partial charge < -0.3 is 4.90 Å². The maximum atomic E-state index is 11.3. The molecule has 1 amide bonds. The largest absolute Gasteiger partial charge is 0.366 e. The molecule has 0 saturated carbocycles. The summed E-state index contributed by atoms with van der Waals surface area (Å²) < 4.78 is 0. The van der Waals surface area contributed by atoms with E-state index in [2.05, 4.69) is 0 Å². The van der Waals surface area contributed by atoms with Crippen LogP contribution >= 0.6 is 0 Å². The summed E-state index contributed by atoms with van der Waals surface area (Å²) in [7, 11) is 0. The van der Waals surface area contributed by atoms with Crippen LogP contribution in [-0.2, 0) is 0 Å². The fourth-order valence-electron chi connectivity index (χ4n) is 2.12. The number of anilines is 1. The van der Waals surface area contributed by atoms with E-state index in [1.807, 2.05) is 10.3 Å². The third-order valence-electron chi connectivity index (χ3n) is 3.01. The van der Waals surface area contributed by atoms with Crippen molar-refractivity contribution in [3.05, 3.63) is 33.9 Å². The number of nitrogens with one attached hydrogen (secondary N) is 1. The number of carbonyl (C=O) groups excluding carboxylic acids is 1. The van der Waals surface area contributed by atoms with Crippen molar-refractivity contribution >= 4 is 17.3 Å². The van der Waals surface area contributed by atoms with E-state index in [4.69, 9.17) is 5.84 Å². The van der Waals surface area contributed by atoms with Crippen LogP contribution in [0.15, 0.2) is 18.2 Å². The number of nitro benzene ring substituents is 1. The zero-order valence-electron chi connectivity index (χ0n) is 9.76. The van der Waals surface area contributed by atoms with Crippen molar-refractivity contribution in [3.8, 4) is 0 Å². The lowest BCUT2D eigenvalue weighted by molar-refractivity contribution is -0.384. The molecule has 0 bridgehead atoms. The van der Waals surface area contributed by atoms with Gasteiger partial charge in [0.1, 0.15) is 5.69 Å². The fourth-order valence-corrected chi connectivity index (χ4v) is 2.12. The van der Waals surface area contributed by atoms with Crippen LogP contribution in [0.4, 0.5) is 11.4 Å². The number of nitrogens with two attached hydrogens (primary N) is 1. The molecule has 96 valence electrons. The van der Waals surface area contributed by atoms with Gasteiger partial charge in [0.05, 0.1) is 4.92 Å². The minimum absolute atomic E-state index is 0.0574. The molecule has 0 aromatic heterocycles. The Balaban J connectivity index is 2.40. The average Bonchev–Trinajstić information content (AvgIpc) is 2.90. The molecule has 1 aliphatic heterocycles. The molecular weight excluding hydrogens is 236 g/mol. The molecule has 7 nitrogen and oxygen atoms in total. The highest BCUT2D eigenvalue weighted by molar-refractivity contribution is 5.95. The smallest absolute Gasteiger partial charge is 0.293 e. The first-order chi connectivity index (χ1) is 8.63. The van der Waals surface area contributed by atoms with Gasteiger partial charge in [-0.1, -0.05) is 0 Å². The molecule has 1 aromatic carbocycles. The van der Waals surface area contributed by atoms with E-state index in [0.29, 0.717) is 5.69 Å². The average molecular weight is 250 g/mol. The molecule has 1 aliphatic rings. The summed E-state index contributed by atoms with van der Waals surface area (Å²) in [6.45, 7) is 1.62. The fraction of sp³-hybridized carbons (Fsp3) is 0.364. The third-order valence-corrected chi connectivity index (χ3v) is 3.01. The molecular formula is C11H14N4O3. The molecule has 7 heteroatoms. The van der Waals surface area contributed by atoms with Crippen LogP contribution < -0.4 is 16.2 Å². The van der Waals surface area contributed by atoms with Gasteiger partial charge in [-0.2, -0.15) is 0 Å². The highest BCUT2D eigenvalue weighted by atomic mass is 16.6. The minimum Gasteiger partial charge on any atom is -0.366 e. The number of hydrogen-bond donors (Lipinski definition) is 2. The van der Waals surface area contributed by atoms with Crippen molar-refractivity contribution in [2.45, 2.75) is 12.8 Å². The van der Waals surface area contributed by atoms with Crippen molar-refractivity contribution in [3.63, 3.8) is 0 Å². The number of hydrogen-bond acceptors (Lipinski definition) is 5. The minimum atomic E-state index is -0.536. The van der Waals surface area contributed by atoms with Gasteiger partial charge in [-0.3, -0.25) is 20.3 Å². The van der Waals surface area contributed by atoms with Crippen molar-refractivity contribution in [1.29, 1.82) is 0 Å². The number of nitro groups is 1. The Hall–Kier alpha value is -2.15. The number of carbonyl (C=O) groups is 1. The molecule has 1 fully saturated rings. The Kier molecular flexibility index (Phi) is 3.42. The van der Waals surface area contributed by atoms with Crippen LogP contribution in [0.3, 0.4) is 0 Å². The number of hydrazine groups is 1. The molecule has 0 aliphatic carbocycles. The second kappa shape index (κ2) is 5.01. The third kappa shape index (κ3) is 2.25. The Labute approximate surface area is 104 Å². The summed E-state index contributed by atoms with van der Waals surface area (Å²) >= 11 is 0. The van der Waals surface area contributed by atoms with E-state index >= 15 is 0 Å². The second-order valence-electron chi connectivity index (χ2n) is 4.13. The molecule has 0 spiro atoms. The standard InChI is InChI=1S/C11H14N4O3/c12-13-11(16)8-3-4-9(10(7-8)15(17)18)14-5-1-2-6-14/h3-4,7H,1-2,5-6,12H2,(H,13,16). The van der Waals surface area contributed by atoms with Crippen LogP contribution in [-0.4, -0.2) is 23.9 Å². The Morgan fingerprint density at radius 1 is 1.39 bits per heavy atom. The Morgan fingerprint density at radius 2 is 2.06 bits per heavy atom.